The van der Waals surface area contributed by atoms with Crippen LogP contribution in [0.25, 0.3) is 11.4 Å². The summed E-state index contributed by atoms with van der Waals surface area (Å²) >= 11 is 0. The number of unbranched alkanes of at least 4 members (excludes halogenated alkanes) is 1. The molecule has 2 heterocycles. The van der Waals surface area contributed by atoms with Crippen LogP contribution in [0.5, 0.6) is 0 Å². The first-order valence-electron chi connectivity index (χ1n) is 9.82. The van der Waals surface area contributed by atoms with Gasteiger partial charge in [0.15, 0.2) is 0 Å². The number of carbonyl (C=O) groups excluding carboxylic acids is 3. The predicted octanol–water partition coefficient (Wildman–Crippen LogP) is 1.59. The third-order valence-corrected chi connectivity index (χ3v) is 4.25. The zero-order chi connectivity index (χ0) is 22.8. The fourth-order valence-corrected chi connectivity index (χ4v) is 2.52. The van der Waals surface area contributed by atoms with Gasteiger partial charge in [0.1, 0.15) is 12.6 Å². The number of carboxylic acids is 1. The van der Waals surface area contributed by atoms with Crippen LogP contribution >= 0.6 is 0 Å². The summed E-state index contributed by atoms with van der Waals surface area (Å²) in [4.78, 5) is 54.7. The van der Waals surface area contributed by atoms with Crippen molar-refractivity contribution in [1.82, 2.24) is 20.6 Å². The van der Waals surface area contributed by atoms with Crippen LogP contribution in [-0.4, -0.2) is 51.4 Å². The predicted molar refractivity (Wildman–Crippen MR) is 113 cm³/mol. The Hall–Kier alpha value is -3.82. The van der Waals surface area contributed by atoms with Crippen LogP contribution < -0.4 is 16.0 Å². The number of carbonyl (C=O) groups is 4. The zero-order valence-corrected chi connectivity index (χ0v) is 17.3. The first kappa shape index (κ1) is 23.5. The molecule has 0 aliphatic rings. The largest absolute Gasteiger partial charge is 0.480 e. The number of amides is 3. The van der Waals surface area contributed by atoms with Gasteiger partial charge < -0.3 is 21.1 Å². The van der Waals surface area contributed by atoms with E-state index in [0.717, 1.165) is 12.8 Å². The molecule has 3 amide bonds. The molecule has 4 N–H and O–H groups in total. The molecule has 2 rings (SSSR count). The molecular weight excluding hydrogens is 402 g/mol. The summed E-state index contributed by atoms with van der Waals surface area (Å²) in [6, 6.07) is 5.74. The smallest absolute Gasteiger partial charge is 0.322 e. The summed E-state index contributed by atoms with van der Waals surface area (Å²) in [6.07, 6.45) is 4.85. The number of hydrogen-bond acceptors (Lipinski definition) is 6. The van der Waals surface area contributed by atoms with Gasteiger partial charge in [-0.3, -0.25) is 29.1 Å². The van der Waals surface area contributed by atoms with Crippen molar-refractivity contribution in [3.63, 3.8) is 0 Å². The molecule has 0 radical (unpaired) electrons. The monoisotopic (exact) mass is 427 g/mol. The molecule has 0 spiro atoms. The normalized spacial score (nSPS) is 11.3. The molecule has 0 unspecified atom stereocenters. The average Bonchev–Trinajstić information content (AvgIpc) is 2.76. The van der Waals surface area contributed by atoms with Crippen LogP contribution in [0, 0.1) is 0 Å². The van der Waals surface area contributed by atoms with Crippen LogP contribution in [-0.2, 0) is 14.4 Å². The molecule has 0 saturated heterocycles. The Balaban J connectivity index is 1.94. The number of aliphatic carboxylic acids is 1. The van der Waals surface area contributed by atoms with Crippen molar-refractivity contribution in [2.24, 2.45) is 0 Å². The Morgan fingerprint density at radius 1 is 1.03 bits per heavy atom. The first-order chi connectivity index (χ1) is 14.8. The Morgan fingerprint density at radius 2 is 1.71 bits per heavy atom. The van der Waals surface area contributed by atoms with Crippen LogP contribution in [0.3, 0.4) is 0 Å². The van der Waals surface area contributed by atoms with Crippen LogP contribution in [0.15, 0.2) is 36.7 Å². The lowest BCUT2D eigenvalue weighted by molar-refractivity contribution is -0.135. The van der Waals surface area contributed by atoms with Gasteiger partial charge in [0.2, 0.25) is 11.8 Å². The molecule has 0 aliphatic heterocycles. The third-order valence-electron chi connectivity index (χ3n) is 4.25. The number of pyridine rings is 2. The van der Waals surface area contributed by atoms with E-state index in [-0.39, 0.29) is 17.4 Å². The van der Waals surface area contributed by atoms with Crippen molar-refractivity contribution in [2.45, 2.75) is 39.2 Å². The lowest BCUT2D eigenvalue weighted by atomic mass is 10.2. The maximum absolute atomic E-state index is 12.2. The highest BCUT2D eigenvalue weighted by Gasteiger charge is 2.16. The summed E-state index contributed by atoms with van der Waals surface area (Å²) in [5.41, 5.74) is 1.72. The number of aromatic nitrogens is 2. The number of carboxylic acid groups (broad SMARTS) is 1. The number of nitrogens with one attached hydrogen (secondary N) is 3. The second kappa shape index (κ2) is 11.4. The van der Waals surface area contributed by atoms with Crippen molar-refractivity contribution in [3.05, 3.63) is 42.2 Å². The summed E-state index contributed by atoms with van der Waals surface area (Å²) in [6.45, 7) is 3.12. The van der Waals surface area contributed by atoms with Crippen molar-refractivity contribution in [1.29, 1.82) is 0 Å². The minimum absolute atomic E-state index is 0.163. The van der Waals surface area contributed by atoms with Crippen LogP contribution in [0.1, 0.15) is 43.5 Å². The summed E-state index contributed by atoms with van der Waals surface area (Å²) in [5, 5.41) is 16.2. The summed E-state index contributed by atoms with van der Waals surface area (Å²) < 4.78 is 0. The fourth-order valence-electron chi connectivity index (χ4n) is 2.52. The van der Waals surface area contributed by atoms with E-state index in [9.17, 15) is 19.2 Å². The SMILES string of the molecule is CCCCC(=O)N[C@@H](C)C(=O)Nc1ccc(-c2ccc(C(=O)NCC(=O)O)cn2)nc1. The minimum Gasteiger partial charge on any atom is -0.480 e. The Morgan fingerprint density at radius 3 is 2.26 bits per heavy atom. The van der Waals surface area contributed by atoms with Crippen molar-refractivity contribution in [2.75, 3.05) is 11.9 Å². The molecule has 2 aromatic rings. The lowest BCUT2D eigenvalue weighted by Crippen LogP contribution is -2.41. The fraction of sp³-hybridized carbons (Fsp3) is 0.333. The van der Waals surface area contributed by atoms with Crippen molar-refractivity contribution >= 4 is 29.4 Å². The number of anilines is 1. The van der Waals surface area contributed by atoms with Gasteiger partial charge in [0.05, 0.1) is 28.8 Å². The Kier molecular flexibility index (Phi) is 8.62. The highest BCUT2D eigenvalue weighted by molar-refractivity contribution is 5.97. The van der Waals surface area contributed by atoms with E-state index in [0.29, 0.717) is 23.5 Å². The number of rotatable bonds is 10. The lowest BCUT2D eigenvalue weighted by Gasteiger charge is -2.14. The first-order valence-corrected chi connectivity index (χ1v) is 9.82. The third kappa shape index (κ3) is 7.50. The van der Waals surface area contributed by atoms with E-state index < -0.39 is 24.5 Å². The second-order valence-corrected chi connectivity index (χ2v) is 6.82. The quantitative estimate of drug-likeness (QED) is 0.449. The maximum Gasteiger partial charge on any atom is 0.322 e. The molecule has 10 heteroatoms. The Labute approximate surface area is 179 Å². The molecular formula is C21H25N5O5. The molecule has 0 aliphatic carbocycles. The maximum atomic E-state index is 12.2. The topological polar surface area (TPSA) is 150 Å². The number of hydrogen-bond donors (Lipinski definition) is 4. The van der Waals surface area contributed by atoms with E-state index in [1.54, 1.807) is 25.1 Å². The molecule has 2 aromatic heterocycles. The van der Waals surface area contributed by atoms with E-state index in [4.69, 9.17) is 5.11 Å². The van der Waals surface area contributed by atoms with Crippen molar-refractivity contribution < 1.29 is 24.3 Å². The van der Waals surface area contributed by atoms with Gasteiger partial charge in [-0.2, -0.15) is 0 Å². The molecule has 0 fully saturated rings. The zero-order valence-electron chi connectivity index (χ0n) is 17.3. The molecule has 164 valence electrons. The van der Waals surface area contributed by atoms with E-state index in [2.05, 4.69) is 25.9 Å². The molecule has 0 saturated carbocycles. The van der Waals surface area contributed by atoms with Crippen LogP contribution in [0.2, 0.25) is 0 Å². The van der Waals surface area contributed by atoms with E-state index in [1.807, 2.05) is 6.92 Å². The van der Waals surface area contributed by atoms with Gasteiger partial charge >= 0.3 is 5.97 Å². The van der Waals surface area contributed by atoms with Gasteiger partial charge in [-0.15, -0.1) is 0 Å². The van der Waals surface area contributed by atoms with E-state index >= 15 is 0 Å². The van der Waals surface area contributed by atoms with Gasteiger partial charge in [-0.25, -0.2) is 0 Å². The molecule has 0 bridgehead atoms. The highest BCUT2D eigenvalue weighted by atomic mass is 16.4. The average molecular weight is 427 g/mol. The Bertz CT molecular complexity index is 928. The molecule has 10 nitrogen and oxygen atoms in total. The van der Waals surface area contributed by atoms with Crippen LogP contribution in [0.4, 0.5) is 5.69 Å². The number of nitrogens with zero attached hydrogens (tertiary/aromatic N) is 2. The molecule has 0 aromatic carbocycles. The molecule has 31 heavy (non-hydrogen) atoms. The van der Waals surface area contributed by atoms with Gasteiger partial charge in [0, 0.05) is 12.6 Å². The standard InChI is InChI=1S/C21H25N5O5/c1-3-4-5-18(27)25-13(2)20(30)26-15-7-9-17(23-11-15)16-8-6-14(10-22-16)21(31)24-12-19(28)29/h6-11,13H,3-5,12H2,1-2H3,(H,24,31)(H,25,27)(H,26,30)(H,28,29)/t13-/m0/s1. The minimum atomic E-state index is -1.14. The highest BCUT2D eigenvalue weighted by Crippen LogP contribution is 2.17. The summed E-state index contributed by atoms with van der Waals surface area (Å²) in [5.74, 6) is -2.19. The van der Waals surface area contributed by atoms with Crippen molar-refractivity contribution in [3.8, 4) is 11.4 Å². The van der Waals surface area contributed by atoms with E-state index in [1.165, 1.54) is 18.5 Å². The molecule has 1 atom stereocenters. The van der Waals surface area contributed by atoms with Gasteiger partial charge in [-0.05, 0) is 37.6 Å². The van der Waals surface area contributed by atoms with Gasteiger partial charge in [-0.1, -0.05) is 13.3 Å². The van der Waals surface area contributed by atoms with Gasteiger partial charge in [0.25, 0.3) is 5.91 Å². The second-order valence-electron chi connectivity index (χ2n) is 6.82. The summed E-state index contributed by atoms with van der Waals surface area (Å²) in [7, 11) is 0.